The Bertz CT molecular complexity index is 1650. The second-order valence-electron chi connectivity index (χ2n) is 11.4. The Balaban J connectivity index is 0.000000279. The number of esters is 1. The minimum atomic E-state index is -4.79. The molecule has 2 atom stereocenters. The monoisotopic (exact) mass is 724 g/mol. The number of anilines is 1. The number of aromatic amines is 1. The molecule has 3 aromatic rings. The normalized spacial score (nSPS) is 18.2. The number of nitrogens with zero attached hydrogens (tertiary/aromatic N) is 5. The van der Waals surface area contributed by atoms with E-state index in [1.165, 1.54) is 26.2 Å². The van der Waals surface area contributed by atoms with Crippen LogP contribution in [0.1, 0.15) is 77.3 Å². The number of hydrogen-bond acceptors (Lipinski definition) is 11. The number of ether oxygens (including phenoxy) is 5. The SMILES string of the molecule is CCOC(=O)c1cc(COC(F)(F)F)nn1C.Cn1nc(COC(F)(F)F)cc1C(=O)Nc1cc([C@H]2C[C@@H](OC(=O)NC3(C)CC3)CO2)[nH]n1. The Kier molecular flexibility index (Phi) is 11.8. The molecule has 50 heavy (non-hydrogen) atoms. The van der Waals surface area contributed by atoms with Crippen LogP contribution in [0.2, 0.25) is 0 Å². The second kappa shape index (κ2) is 15.5. The molecular weight excluding hydrogens is 690 g/mol. The molecule has 3 N–H and O–H groups in total. The van der Waals surface area contributed by atoms with E-state index in [0.29, 0.717) is 12.1 Å². The summed E-state index contributed by atoms with van der Waals surface area (Å²) in [6, 6.07) is 3.97. The number of alkyl carbamates (subject to hydrolysis) is 1. The van der Waals surface area contributed by atoms with Crippen molar-refractivity contribution >= 4 is 23.8 Å². The Morgan fingerprint density at radius 1 is 0.980 bits per heavy atom. The number of halogens is 6. The molecule has 2 fully saturated rings. The number of rotatable bonds is 11. The molecule has 0 aromatic carbocycles. The second-order valence-corrected chi connectivity index (χ2v) is 11.4. The molecule has 5 rings (SSSR count). The molecule has 1 saturated heterocycles. The van der Waals surface area contributed by atoms with Crippen LogP contribution in [0.3, 0.4) is 0 Å². The van der Waals surface area contributed by atoms with Crippen LogP contribution in [0.15, 0.2) is 18.2 Å². The van der Waals surface area contributed by atoms with Crippen molar-refractivity contribution < 1.29 is 64.4 Å². The van der Waals surface area contributed by atoms with Gasteiger partial charge in [0.25, 0.3) is 5.91 Å². The average molecular weight is 725 g/mol. The molecule has 1 saturated carbocycles. The van der Waals surface area contributed by atoms with Crippen LogP contribution in [0.25, 0.3) is 0 Å². The lowest BCUT2D eigenvalue weighted by molar-refractivity contribution is -0.331. The summed E-state index contributed by atoms with van der Waals surface area (Å²) in [5.41, 5.74) is 0.469. The van der Waals surface area contributed by atoms with E-state index in [2.05, 4.69) is 40.5 Å². The molecule has 4 heterocycles. The van der Waals surface area contributed by atoms with Crippen LogP contribution in [-0.4, -0.2) is 85.3 Å². The highest BCUT2D eigenvalue weighted by Gasteiger charge is 2.40. The van der Waals surface area contributed by atoms with Crippen LogP contribution < -0.4 is 10.6 Å². The topological polar surface area (TPSA) is 186 Å². The highest BCUT2D eigenvalue weighted by Crippen LogP contribution is 2.35. The standard InChI is InChI=1S/C19H23F3N6O5.C9H11F3N2O3/c1-18(3-4-18)24-17(30)33-11-6-14(31-9-11)12-7-15(26-25-12)23-16(29)13-5-10(27-28(13)2)8-32-19(20,21)22;1-3-16-8(15)7-4-6(13-14(7)2)5-17-9(10,11)12/h5,7,11,14H,3-4,6,8-9H2,1-2H3,(H,24,30)(H2,23,25,26,29);4H,3,5H2,1-2H3/t11-,14-;/m1./s1. The van der Waals surface area contributed by atoms with E-state index < -0.39 is 56.1 Å². The fraction of sp³-hybridized carbons (Fsp3) is 0.571. The summed E-state index contributed by atoms with van der Waals surface area (Å²) in [7, 11) is 2.86. The lowest BCUT2D eigenvalue weighted by Crippen LogP contribution is -2.37. The molecule has 2 aliphatic rings. The Morgan fingerprint density at radius 3 is 2.12 bits per heavy atom. The largest absolute Gasteiger partial charge is 0.522 e. The van der Waals surface area contributed by atoms with Gasteiger partial charge in [0.15, 0.2) is 5.82 Å². The molecule has 22 heteroatoms. The molecule has 2 amide bonds. The summed E-state index contributed by atoms with van der Waals surface area (Å²) in [4.78, 5) is 35.8. The van der Waals surface area contributed by atoms with E-state index >= 15 is 0 Å². The van der Waals surface area contributed by atoms with Gasteiger partial charge in [-0.3, -0.25) is 28.7 Å². The summed E-state index contributed by atoms with van der Waals surface area (Å²) in [6.07, 6.45) is -8.53. The van der Waals surface area contributed by atoms with Gasteiger partial charge >= 0.3 is 24.8 Å². The van der Waals surface area contributed by atoms with Gasteiger partial charge in [0.05, 0.1) is 30.3 Å². The lowest BCUT2D eigenvalue weighted by atomic mass is 10.1. The van der Waals surface area contributed by atoms with E-state index in [4.69, 9.17) is 14.2 Å². The summed E-state index contributed by atoms with van der Waals surface area (Å²) in [6.45, 7) is 2.44. The third-order valence-corrected chi connectivity index (χ3v) is 7.17. The van der Waals surface area contributed by atoms with Crippen molar-refractivity contribution in [1.29, 1.82) is 0 Å². The molecule has 1 aliphatic carbocycles. The lowest BCUT2D eigenvalue weighted by Gasteiger charge is -2.15. The molecule has 0 spiro atoms. The predicted molar refractivity (Wildman–Crippen MR) is 155 cm³/mol. The van der Waals surface area contributed by atoms with Crippen molar-refractivity contribution in [2.75, 3.05) is 18.5 Å². The van der Waals surface area contributed by atoms with E-state index in [9.17, 15) is 40.7 Å². The van der Waals surface area contributed by atoms with Crippen molar-refractivity contribution in [3.8, 4) is 0 Å². The molecule has 0 unspecified atom stereocenters. The number of carbonyl (C=O) groups excluding carboxylic acids is 3. The van der Waals surface area contributed by atoms with Gasteiger partial charge in [0.1, 0.15) is 36.8 Å². The van der Waals surface area contributed by atoms with Gasteiger partial charge in [-0.25, -0.2) is 9.59 Å². The maximum absolute atomic E-state index is 12.5. The zero-order chi connectivity index (χ0) is 36.9. The number of nitrogens with one attached hydrogen (secondary N) is 3. The van der Waals surface area contributed by atoms with E-state index in [0.717, 1.165) is 22.2 Å². The van der Waals surface area contributed by atoms with Crippen molar-refractivity contribution in [3.63, 3.8) is 0 Å². The summed E-state index contributed by atoms with van der Waals surface area (Å²) in [5.74, 6) is -1.06. The van der Waals surface area contributed by atoms with Crippen LogP contribution in [0.4, 0.5) is 37.0 Å². The van der Waals surface area contributed by atoms with Crippen molar-refractivity contribution in [2.45, 2.75) is 76.8 Å². The average Bonchev–Trinajstić information content (AvgIpc) is 3.49. The first-order chi connectivity index (χ1) is 23.3. The number of aryl methyl sites for hydroxylation is 2. The first-order valence-corrected chi connectivity index (χ1v) is 14.9. The minimum Gasteiger partial charge on any atom is -0.461 e. The highest BCUT2D eigenvalue weighted by atomic mass is 19.4. The summed E-state index contributed by atoms with van der Waals surface area (Å²) < 4.78 is 97.3. The van der Waals surface area contributed by atoms with Crippen molar-refractivity contribution in [1.82, 2.24) is 35.1 Å². The molecule has 16 nitrogen and oxygen atoms in total. The zero-order valence-corrected chi connectivity index (χ0v) is 27.1. The quantitative estimate of drug-likeness (QED) is 0.190. The van der Waals surface area contributed by atoms with Crippen LogP contribution in [0.5, 0.6) is 0 Å². The number of hydrogen-bond donors (Lipinski definition) is 3. The number of alkyl halides is 6. The molecule has 3 aromatic heterocycles. The number of aromatic nitrogens is 6. The summed E-state index contributed by atoms with van der Waals surface area (Å²) >= 11 is 0. The van der Waals surface area contributed by atoms with Crippen molar-refractivity contribution in [2.24, 2.45) is 14.1 Å². The van der Waals surface area contributed by atoms with Gasteiger partial charge in [0, 0.05) is 32.1 Å². The Hall–Kier alpha value is -4.70. The van der Waals surface area contributed by atoms with E-state index in [1.807, 2.05) is 6.92 Å². The maximum atomic E-state index is 12.5. The zero-order valence-electron chi connectivity index (χ0n) is 27.1. The van der Waals surface area contributed by atoms with Gasteiger partial charge in [-0.05, 0) is 38.8 Å². The predicted octanol–water partition coefficient (Wildman–Crippen LogP) is 4.17. The fourth-order valence-corrected chi connectivity index (χ4v) is 4.50. The molecule has 276 valence electrons. The van der Waals surface area contributed by atoms with E-state index in [1.54, 1.807) is 13.0 Å². The van der Waals surface area contributed by atoms with Gasteiger partial charge in [-0.1, -0.05) is 0 Å². The number of carbonyl (C=O) groups is 3. The van der Waals surface area contributed by atoms with Gasteiger partial charge < -0.3 is 24.8 Å². The first-order valence-electron chi connectivity index (χ1n) is 14.9. The fourth-order valence-electron chi connectivity index (χ4n) is 4.50. The van der Waals surface area contributed by atoms with Crippen LogP contribution in [-0.2, 0) is 51.0 Å². The molecule has 0 radical (unpaired) electrons. The molecule has 0 bridgehead atoms. The highest BCUT2D eigenvalue weighted by molar-refractivity contribution is 6.02. The van der Waals surface area contributed by atoms with Gasteiger partial charge in [-0.15, -0.1) is 26.3 Å². The van der Waals surface area contributed by atoms with Crippen molar-refractivity contribution in [3.05, 3.63) is 46.7 Å². The van der Waals surface area contributed by atoms with Gasteiger partial charge in [-0.2, -0.15) is 15.3 Å². The molecular formula is C28H34F6N8O8. The van der Waals surface area contributed by atoms with Gasteiger partial charge in [0.2, 0.25) is 0 Å². The summed E-state index contributed by atoms with van der Waals surface area (Å²) in [5, 5.41) is 19.7. The first kappa shape index (κ1) is 38.1. The number of H-pyrrole nitrogens is 1. The van der Waals surface area contributed by atoms with Crippen LogP contribution >= 0.6 is 0 Å². The Labute approximate surface area is 279 Å². The van der Waals surface area contributed by atoms with Crippen LogP contribution in [0, 0.1) is 0 Å². The molecule has 1 aliphatic heterocycles. The third kappa shape index (κ3) is 11.4. The Morgan fingerprint density at radius 2 is 1.56 bits per heavy atom. The third-order valence-electron chi connectivity index (χ3n) is 7.17. The van der Waals surface area contributed by atoms with E-state index in [-0.39, 0.29) is 47.3 Å². The number of amides is 2. The minimum absolute atomic E-state index is 0.00729. The maximum Gasteiger partial charge on any atom is 0.522 e. The smallest absolute Gasteiger partial charge is 0.461 e.